The largest absolute Gasteiger partial charge is 0.271 e. The van der Waals surface area contributed by atoms with E-state index >= 15 is 0 Å². The summed E-state index contributed by atoms with van der Waals surface area (Å²) in [5.41, 5.74) is 4.09. The van der Waals surface area contributed by atoms with Crippen LogP contribution in [0.3, 0.4) is 0 Å². The Morgan fingerprint density at radius 1 is 1.28 bits per heavy atom. The molecule has 1 aromatic heterocycles. The third kappa shape index (κ3) is 3.77. The number of hydrogen-bond donors (Lipinski definition) is 2. The van der Waals surface area contributed by atoms with Gasteiger partial charge in [-0.25, -0.2) is 0 Å². The van der Waals surface area contributed by atoms with Gasteiger partial charge >= 0.3 is 0 Å². The number of benzene rings is 1. The highest BCUT2D eigenvalue weighted by atomic mass is 127. The van der Waals surface area contributed by atoms with E-state index in [1.165, 1.54) is 14.0 Å². The molecule has 2 aromatic rings. The number of rotatable bonds is 4. The average molecular weight is 502 g/mol. The zero-order chi connectivity index (χ0) is 13.1. The summed E-state index contributed by atoms with van der Waals surface area (Å²) in [5.74, 6) is 5.70. The summed E-state index contributed by atoms with van der Waals surface area (Å²) < 4.78 is 3.44. The third-order valence-corrected chi connectivity index (χ3v) is 5.61. The first-order valence-corrected chi connectivity index (χ1v) is 8.73. The van der Waals surface area contributed by atoms with Crippen LogP contribution >= 0.6 is 65.8 Å². The first-order chi connectivity index (χ1) is 8.60. The van der Waals surface area contributed by atoms with Crippen LogP contribution in [0.2, 0.25) is 0 Å². The topological polar surface area (TPSA) is 38.0 Å². The van der Waals surface area contributed by atoms with E-state index in [2.05, 4.69) is 90.2 Å². The molecule has 3 N–H and O–H groups in total. The van der Waals surface area contributed by atoms with Crippen LogP contribution in [0.5, 0.6) is 0 Å². The van der Waals surface area contributed by atoms with Gasteiger partial charge in [-0.2, -0.15) is 0 Å². The Kier molecular flexibility index (Phi) is 5.64. The van der Waals surface area contributed by atoms with Crippen LogP contribution in [0.4, 0.5) is 0 Å². The van der Waals surface area contributed by atoms with Crippen LogP contribution in [0, 0.1) is 3.57 Å². The van der Waals surface area contributed by atoms with Gasteiger partial charge in [0.25, 0.3) is 0 Å². The SMILES string of the molecule is NNC(Cc1ccc(Br)s1)c1cc(I)ccc1Br. The fraction of sp³-hybridized carbons (Fsp3) is 0.167. The number of hydrogen-bond acceptors (Lipinski definition) is 3. The molecule has 96 valence electrons. The zero-order valence-corrected chi connectivity index (χ0v) is 15.4. The molecule has 1 aromatic carbocycles. The van der Waals surface area contributed by atoms with Gasteiger partial charge in [-0.1, -0.05) is 15.9 Å². The molecule has 2 rings (SSSR count). The first-order valence-electron chi connectivity index (χ1n) is 5.25. The summed E-state index contributed by atoms with van der Waals surface area (Å²) >= 11 is 11.1. The molecule has 6 heteroatoms. The molecule has 0 radical (unpaired) electrons. The number of nitrogens with two attached hydrogens (primary N) is 1. The monoisotopic (exact) mass is 500 g/mol. The van der Waals surface area contributed by atoms with Crippen molar-refractivity contribution in [2.45, 2.75) is 12.5 Å². The summed E-state index contributed by atoms with van der Waals surface area (Å²) in [5, 5.41) is 0. The fourth-order valence-electron chi connectivity index (χ4n) is 1.70. The fourth-order valence-corrected chi connectivity index (χ4v) is 4.27. The molecular weight excluding hydrogens is 491 g/mol. The van der Waals surface area contributed by atoms with Crippen LogP contribution < -0.4 is 11.3 Å². The second-order valence-electron chi connectivity index (χ2n) is 3.80. The minimum Gasteiger partial charge on any atom is -0.271 e. The quantitative estimate of drug-likeness (QED) is 0.364. The molecule has 0 aliphatic carbocycles. The predicted octanol–water partition coefficient (Wildman–Crippen LogP) is 4.62. The Balaban J connectivity index is 2.25. The highest BCUT2D eigenvalue weighted by Gasteiger charge is 2.15. The second-order valence-corrected chi connectivity index (χ2v) is 8.44. The second kappa shape index (κ2) is 6.81. The first kappa shape index (κ1) is 14.9. The van der Waals surface area contributed by atoms with Crippen molar-refractivity contribution in [2.24, 2.45) is 5.84 Å². The molecule has 2 nitrogen and oxygen atoms in total. The maximum atomic E-state index is 5.70. The summed E-state index contributed by atoms with van der Waals surface area (Å²) in [4.78, 5) is 1.30. The molecule has 0 saturated carbocycles. The van der Waals surface area contributed by atoms with Crippen LogP contribution in [0.25, 0.3) is 0 Å². The van der Waals surface area contributed by atoms with E-state index in [0.717, 1.165) is 14.7 Å². The van der Waals surface area contributed by atoms with Crippen molar-refractivity contribution in [3.63, 3.8) is 0 Å². The molecule has 0 spiro atoms. The van der Waals surface area contributed by atoms with Crippen molar-refractivity contribution in [2.75, 3.05) is 0 Å². The molecule has 0 fully saturated rings. The minimum atomic E-state index is 0.111. The molecule has 1 unspecified atom stereocenters. The van der Waals surface area contributed by atoms with E-state index in [0.29, 0.717) is 0 Å². The van der Waals surface area contributed by atoms with Gasteiger partial charge in [0.05, 0.1) is 9.83 Å². The molecular formula is C12H11Br2IN2S. The van der Waals surface area contributed by atoms with Crippen molar-refractivity contribution in [1.82, 2.24) is 5.43 Å². The summed E-state index contributed by atoms with van der Waals surface area (Å²) in [6, 6.07) is 10.6. The van der Waals surface area contributed by atoms with Gasteiger partial charge in [-0.15, -0.1) is 11.3 Å². The van der Waals surface area contributed by atoms with E-state index in [4.69, 9.17) is 5.84 Å². The highest BCUT2D eigenvalue weighted by molar-refractivity contribution is 14.1. The minimum absolute atomic E-state index is 0.111. The Hall–Kier alpha value is 0.530. The van der Waals surface area contributed by atoms with Crippen LogP contribution in [-0.4, -0.2) is 0 Å². The van der Waals surface area contributed by atoms with Crippen molar-refractivity contribution in [1.29, 1.82) is 0 Å². The lowest BCUT2D eigenvalue weighted by Gasteiger charge is -2.17. The van der Waals surface area contributed by atoms with Gasteiger partial charge in [-0.3, -0.25) is 11.3 Å². The predicted molar refractivity (Wildman–Crippen MR) is 92.6 cm³/mol. The van der Waals surface area contributed by atoms with Crippen LogP contribution in [0.1, 0.15) is 16.5 Å². The Labute approximate surface area is 141 Å². The van der Waals surface area contributed by atoms with Crippen molar-refractivity contribution < 1.29 is 0 Å². The van der Waals surface area contributed by atoms with E-state index in [1.54, 1.807) is 11.3 Å². The Morgan fingerprint density at radius 2 is 2.06 bits per heavy atom. The molecule has 0 bridgehead atoms. The normalized spacial score (nSPS) is 12.7. The van der Waals surface area contributed by atoms with Gasteiger partial charge in [0.2, 0.25) is 0 Å². The molecule has 18 heavy (non-hydrogen) atoms. The van der Waals surface area contributed by atoms with Gasteiger partial charge in [0.1, 0.15) is 0 Å². The number of halogens is 3. The number of hydrazine groups is 1. The smallest absolute Gasteiger partial charge is 0.0701 e. The van der Waals surface area contributed by atoms with Gasteiger partial charge in [-0.05, 0) is 74.4 Å². The van der Waals surface area contributed by atoms with Gasteiger partial charge < -0.3 is 0 Å². The van der Waals surface area contributed by atoms with Crippen LogP contribution in [-0.2, 0) is 6.42 Å². The van der Waals surface area contributed by atoms with E-state index in [-0.39, 0.29) is 6.04 Å². The maximum Gasteiger partial charge on any atom is 0.0701 e. The Bertz CT molecular complexity index is 545. The molecule has 0 saturated heterocycles. The third-order valence-electron chi connectivity index (χ3n) is 2.57. The van der Waals surface area contributed by atoms with E-state index in [9.17, 15) is 0 Å². The van der Waals surface area contributed by atoms with Crippen molar-refractivity contribution in [3.8, 4) is 0 Å². The Morgan fingerprint density at radius 3 is 2.67 bits per heavy atom. The lowest BCUT2D eigenvalue weighted by atomic mass is 10.0. The van der Waals surface area contributed by atoms with Gasteiger partial charge in [0.15, 0.2) is 0 Å². The molecule has 1 heterocycles. The zero-order valence-electron chi connectivity index (χ0n) is 9.29. The highest BCUT2D eigenvalue weighted by Crippen LogP contribution is 2.30. The van der Waals surface area contributed by atoms with Gasteiger partial charge in [0, 0.05) is 19.3 Å². The van der Waals surface area contributed by atoms with Crippen LogP contribution in [0.15, 0.2) is 38.6 Å². The van der Waals surface area contributed by atoms with E-state index < -0.39 is 0 Å². The molecule has 1 atom stereocenters. The van der Waals surface area contributed by atoms with Crippen molar-refractivity contribution >= 4 is 65.8 Å². The molecule has 0 amide bonds. The van der Waals surface area contributed by atoms with Crippen molar-refractivity contribution in [3.05, 3.63) is 52.6 Å². The standard InChI is InChI=1S/C12H11Br2IN2S/c13-10-3-1-7(15)5-9(10)11(17-16)6-8-2-4-12(14)18-8/h1-5,11,17H,6,16H2. The summed E-state index contributed by atoms with van der Waals surface area (Å²) in [6.45, 7) is 0. The average Bonchev–Trinajstić information content (AvgIpc) is 2.75. The maximum absolute atomic E-state index is 5.70. The number of nitrogens with one attached hydrogen (secondary N) is 1. The molecule has 0 aliphatic rings. The summed E-state index contributed by atoms with van der Waals surface area (Å²) in [6.07, 6.45) is 0.880. The summed E-state index contributed by atoms with van der Waals surface area (Å²) in [7, 11) is 0. The lowest BCUT2D eigenvalue weighted by molar-refractivity contribution is 0.553. The lowest BCUT2D eigenvalue weighted by Crippen LogP contribution is -2.29. The molecule has 0 aliphatic heterocycles. The number of thiophene rings is 1. The van der Waals surface area contributed by atoms with E-state index in [1.807, 2.05) is 0 Å².